The molecule has 0 atom stereocenters. The zero-order valence-corrected chi connectivity index (χ0v) is 18.8. The van der Waals surface area contributed by atoms with Gasteiger partial charge in [-0.2, -0.15) is 4.98 Å². The average Bonchev–Trinajstić information content (AvgIpc) is 3.07. The minimum atomic E-state index is -0.183. The van der Waals surface area contributed by atoms with Gasteiger partial charge in [0.25, 0.3) is 5.91 Å². The normalized spacial score (nSPS) is 10.7. The zero-order valence-electron chi connectivity index (χ0n) is 17.3. The molecule has 1 N–H and O–H groups in total. The van der Waals surface area contributed by atoms with Gasteiger partial charge < -0.3 is 10.1 Å². The van der Waals surface area contributed by atoms with Crippen LogP contribution in [0.5, 0.6) is 11.6 Å². The first kappa shape index (κ1) is 20.7. The van der Waals surface area contributed by atoms with Gasteiger partial charge in [-0.1, -0.05) is 22.0 Å². The number of rotatable bonds is 5. The summed E-state index contributed by atoms with van der Waals surface area (Å²) in [6.07, 6.45) is 1.74. The molecule has 0 aliphatic rings. The molecule has 2 aromatic carbocycles. The molecular weight excluding hydrogens is 458 g/mol. The fraction of sp³-hybridized carbons (Fsp3) is 0.130. The van der Waals surface area contributed by atoms with E-state index in [-0.39, 0.29) is 5.91 Å². The number of nitrogens with one attached hydrogen (secondary N) is 1. The second-order valence-corrected chi connectivity index (χ2v) is 7.90. The number of ether oxygens (including phenoxy) is 1. The Morgan fingerprint density at radius 3 is 2.48 bits per heavy atom. The third kappa shape index (κ3) is 4.80. The van der Waals surface area contributed by atoms with Crippen molar-refractivity contribution >= 4 is 27.5 Å². The molecule has 4 aromatic rings. The van der Waals surface area contributed by atoms with Gasteiger partial charge in [-0.3, -0.25) is 9.36 Å². The molecule has 156 valence electrons. The molecule has 0 radical (unpaired) electrons. The van der Waals surface area contributed by atoms with Gasteiger partial charge in [0.15, 0.2) is 0 Å². The van der Waals surface area contributed by atoms with Crippen LogP contribution in [-0.2, 0) is 0 Å². The molecule has 4 rings (SSSR count). The molecule has 0 fully saturated rings. The fourth-order valence-electron chi connectivity index (χ4n) is 2.99. The predicted molar refractivity (Wildman–Crippen MR) is 122 cm³/mol. The lowest BCUT2D eigenvalue weighted by molar-refractivity contribution is 0.102. The topological polar surface area (TPSA) is 81.9 Å². The van der Waals surface area contributed by atoms with Crippen LogP contribution in [0.15, 0.2) is 65.4 Å². The number of aromatic nitrogens is 4. The number of imidazole rings is 1. The first-order valence-electron chi connectivity index (χ1n) is 9.60. The van der Waals surface area contributed by atoms with E-state index in [1.165, 1.54) is 0 Å². The van der Waals surface area contributed by atoms with Crippen molar-refractivity contribution in [2.24, 2.45) is 0 Å². The number of nitrogens with zero attached hydrogens (tertiary/aromatic N) is 4. The van der Waals surface area contributed by atoms with Crippen molar-refractivity contribution in [3.05, 3.63) is 88.2 Å². The Labute approximate surface area is 188 Å². The molecular formula is C23H20BrN5O2. The maximum absolute atomic E-state index is 12.4. The summed E-state index contributed by atoms with van der Waals surface area (Å²) in [7, 11) is 0. The number of aryl methyl sites for hydroxylation is 2. The van der Waals surface area contributed by atoms with Gasteiger partial charge in [0.1, 0.15) is 23.7 Å². The number of hydrogen-bond acceptors (Lipinski definition) is 5. The fourth-order valence-corrected chi connectivity index (χ4v) is 3.39. The Kier molecular flexibility index (Phi) is 5.81. The SMILES string of the molecule is Cc1nc(Oc2ccc(NC(=O)c3cccc(Br)c3)cc2)cc(-n2cnc(C)c2C)n1. The van der Waals surface area contributed by atoms with E-state index in [1.807, 2.05) is 37.5 Å². The van der Waals surface area contributed by atoms with Crippen molar-refractivity contribution in [2.75, 3.05) is 5.32 Å². The van der Waals surface area contributed by atoms with E-state index in [0.717, 1.165) is 15.9 Å². The lowest BCUT2D eigenvalue weighted by atomic mass is 10.2. The van der Waals surface area contributed by atoms with Crippen LogP contribution in [0.1, 0.15) is 27.6 Å². The molecule has 2 heterocycles. The molecule has 0 bridgehead atoms. The molecule has 0 unspecified atom stereocenters. The Balaban J connectivity index is 1.49. The largest absolute Gasteiger partial charge is 0.439 e. The molecule has 0 saturated carbocycles. The summed E-state index contributed by atoms with van der Waals surface area (Å²) in [5.74, 6) is 2.13. The summed E-state index contributed by atoms with van der Waals surface area (Å²) in [6, 6.07) is 16.1. The average molecular weight is 478 g/mol. The van der Waals surface area contributed by atoms with Gasteiger partial charge in [0, 0.05) is 27.5 Å². The standard InChI is InChI=1S/C23H20BrN5O2/c1-14-15(2)29(13-25-14)21-12-22(27-16(3)26-21)31-20-9-7-19(8-10-20)28-23(30)17-5-4-6-18(24)11-17/h4-13H,1-3H3,(H,28,30). The Hall–Kier alpha value is -3.52. The minimum Gasteiger partial charge on any atom is -0.439 e. The Bertz CT molecular complexity index is 1250. The zero-order chi connectivity index (χ0) is 22.0. The van der Waals surface area contributed by atoms with Crippen molar-refractivity contribution in [3.8, 4) is 17.4 Å². The number of anilines is 1. The van der Waals surface area contributed by atoms with Gasteiger partial charge in [0.05, 0.1) is 5.69 Å². The molecule has 7 nitrogen and oxygen atoms in total. The summed E-state index contributed by atoms with van der Waals surface area (Å²) < 4.78 is 8.68. The lowest BCUT2D eigenvalue weighted by Crippen LogP contribution is -2.11. The summed E-state index contributed by atoms with van der Waals surface area (Å²) in [4.78, 5) is 25.6. The maximum Gasteiger partial charge on any atom is 0.255 e. The van der Waals surface area contributed by atoms with E-state index in [4.69, 9.17) is 4.74 Å². The maximum atomic E-state index is 12.4. The first-order valence-corrected chi connectivity index (χ1v) is 10.4. The van der Waals surface area contributed by atoms with Crippen LogP contribution >= 0.6 is 15.9 Å². The van der Waals surface area contributed by atoms with E-state index in [0.29, 0.717) is 34.5 Å². The van der Waals surface area contributed by atoms with E-state index in [9.17, 15) is 4.79 Å². The van der Waals surface area contributed by atoms with Gasteiger partial charge in [-0.15, -0.1) is 0 Å². The van der Waals surface area contributed by atoms with Crippen LogP contribution in [0.2, 0.25) is 0 Å². The van der Waals surface area contributed by atoms with Gasteiger partial charge in [-0.05, 0) is 63.2 Å². The number of carbonyl (C=O) groups is 1. The number of hydrogen-bond donors (Lipinski definition) is 1. The van der Waals surface area contributed by atoms with Crippen LogP contribution in [0, 0.1) is 20.8 Å². The van der Waals surface area contributed by atoms with Crippen LogP contribution in [-0.4, -0.2) is 25.4 Å². The van der Waals surface area contributed by atoms with Gasteiger partial charge in [0.2, 0.25) is 5.88 Å². The smallest absolute Gasteiger partial charge is 0.255 e. The quantitative estimate of drug-likeness (QED) is 0.416. The van der Waals surface area contributed by atoms with Crippen LogP contribution < -0.4 is 10.1 Å². The molecule has 31 heavy (non-hydrogen) atoms. The third-order valence-corrected chi connectivity index (χ3v) is 5.21. The molecule has 0 saturated heterocycles. The minimum absolute atomic E-state index is 0.183. The van der Waals surface area contributed by atoms with Gasteiger partial charge in [-0.25, -0.2) is 9.97 Å². The summed E-state index contributed by atoms with van der Waals surface area (Å²) >= 11 is 3.38. The molecule has 8 heteroatoms. The van der Waals surface area contributed by atoms with E-state index < -0.39 is 0 Å². The third-order valence-electron chi connectivity index (χ3n) is 4.72. The predicted octanol–water partition coefficient (Wildman–Crippen LogP) is 5.39. The van der Waals surface area contributed by atoms with Gasteiger partial charge >= 0.3 is 0 Å². The Morgan fingerprint density at radius 2 is 1.81 bits per heavy atom. The highest BCUT2D eigenvalue weighted by atomic mass is 79.9. The number of amides is 1. The number of halogens is 1. The number of carbonyl (C=O) groups excluding carboxylic acids is 1. The van der Waals surface area contributed by atoms with Crippen LogP contribution in [0.25, 0.3) is 5.82 Å². The highest BCUT2D eigenvalue weighted by Crippen LogP contribution is 2.24. The lowest BCUT2D eigenvalue weighted by Gasteiger charge is -2.10. The van der Waals surface area contributed by atoms with Crippen LogP contribution in [0.4, 0.5) is 5.69 Å². The van der Waals surface area contributed by atoms with Crippen molar-refractivity contribution < 1.29 is 9.53 Å². The summed E-state index contributed by atoms with van der Waals surface area (Å²) in [5.41, 5.74) is 3.19. The highest BCUT2D eigenvalue weighted by molar-refractivity contribution is 9.10. The summed E-state index contributed by atoms with van der Waals surface area (Å²) in [5, 5.41) is 2.87. The van der Waals surface area contributed by atoms with Crippen LogP contribution in [0.3, 0.4) is 0 Å². The summed E-state index contributed by atoms with van der Waals surface area (Å²) in [6.45, 7) is 5.76. The Morgan fingerprint density at radius 1 is 1.03 bits per heavy atom. The van der Waals surface area contributed by atoms with E-state index in [1.54, 1.807) is 48.8 Å². The monoisotopic (exact) mass is 477 g/mol. The first-order chi connectivity index (χ1) is 14.9. The van der Waals surface area contributed by atoms with Crippen molar-refractivity contribution in [3.63, 3.8) is 0 Å². The molecule has 0 aliphatic heterocycles. The molecule has 0 spiro atoms. The van der Waals surface area contributed by atoms with Crippen molar-refractivity contribution in [2.45, 2.75) is 20.8 Å². The van der Waals surface area contributed by atoms with E-state index in [2.05, 4.69) is 36.2 Å². The van der Waals surface area contributed by atoms with Crippen molar-refractivity contribution in [1.82, 2.24) is 19.5 Å². The molecule has 1 amide bonds. The highest BCUT2D eigenvalue weighted by Gasteiger charge is 2.11. The number of benzene rings is 2. The van der Waals surface area contributed by atoms with Crippen molar-refractivity contribution in [1.29, 1.82) is 0 Å². The van der Waals surface area contributed by atoms with E-state index >= 15 is 0 Å². The second kappa shape index (κ2) is 8.69. The second-order valence-electron chi connectivity index (χ2n) is 6.99. The molecule has 0 aliphatic carbocycles. The molecule has 2 aromatic heterocycles.